The maximum atomic E-state index is 13.7. The molecule has 0 aromatic carbocycles. The quantitative estimate of drug-likeness (QED) is 0.231. The van der Waals surface area contributed by atoms with Crippen LogP contribution < -0.4 is 0 Å². The van der Waals surface area contributed by atoms with Crippen molar-refractivity contribution in [2.75, 3.05) is 52.4 Å². The van der Waals surface area contributed by atoms with E-state index in [1.54, 1.807) is 0 Å². The van der Waals surface area contributed by atoms with Crippen LogP contribution in [0.25, 0.3) is 0 Å². The Labute approximate surface area is 211 Å². The van der Waals surface area contributed by atoms with E-state index in [4.69, 9.17) is 14.0 Å². The van der Waals surface area contributed by atoms with Crippen molar-refractivity contribution in [3.8, 4) is 0 Å². The molecule has 0 fully saturated rings. The van der Waals surface area contributed by atoms with E-state index in [1.807, 2.05) is 0 Å². The first-order chi connectivity index (χ1) is 15.5. The molecule has 8 nitrogen and oxygen atoms in total. The molecule has 9 heteroatoms. The molecule has 185 valence electrons. The van der Waals surface area contributed by atoms with Gasteiger partial charge in [-0.05, 0) is 55.4 Å². The molecule has 0 bridgehead atoms. The molecule has 1 aliphatic carbocycles. The van der Waals surface area contributed by atoms with Crippen LogP contribution in [0.1, 0.15) is 55.4 Å². The second kappa shape index (κ2) is 23.3. The molecule has 0 aromatic rings. The molecule has 0 atom stereocenters. The molecule has 0 aromatic heterocycles. The zero-order valence-electron chi connectivity index (χ0n) is 21.4. The molecule has 33 heavy (non-hydrogen) atoms. The largest absolute Gasteiger partial charge is 3.00 e. The van der Waals surface area contributed by atoms with Crippen molar-refractivity contribution in [1.29, 1.82) is 0 Å². The number of carbonyl (C=O) groups is 1. The Morgan fingerprint density at radius 1 is 0.455 bits per heavy atom. The fourth-order valence-electron chi connectivity index (χ4n) is 3.90. The first-order valence-corrected chi connectivity index (χ1v) is 11.1. The summed E-state index contributed by atoms with van der Waals surface area (Å²) in [5.41, 5.74) is 4.05. The Kier molecular flexibility index (Phi) is 27.0. The van der Waals surface area contributed by atoms with Crippen LogP contribution in [-0.4, -0.2) is 77.7 Å². The third-order valence-electron chi connectivity index (χ3n) is 5.42. The molecule has 0 saturated heterocycles. The summed E-state index contributed by atoms with van der Waals surface area (Å²) in [6, 6.07) is 0. The summed E-state index contributed by atoms with van der Waals surface area (Å²) < 4.78 is 22.5. The molecular weight excluding hydrogens is 464 g/mol. The molecule has 0 heterocycles. The number of Topliss-reactive ketones (excluding diaryl/α,β-unsaturated/α-hetero) is 1. The van der Waals surface area contributed by atoms with Crippen LogP contribution in [0, 0.1) is 20.0 Å². The number of carbonyl (C=O) groups excluding carboxylic acids is 1. The number of likely N-dealkylation sites (N-methyl/N-ethyl adjacent to an activating group) is 4. The topological polar surface area (TPSA) is 89.7 Å². The Bertz CT molecular complexity index is 595. The van der Waals surface area contributed by atoms with Crippen molar-refractivity contribution >= 4 is 5.78 Å². The van der Waals surface area contributed by atoms with E-state index in [-0.39, 0.29) is 22.9 Å². The van der Waals surface area contributed by atoms with Crippen LogP contribution in [0.5, 0.6) is 0 Å². The third-order valence-corrected chi connectivity index (χ3v) is 5.42. The molecule has 0 amide bonds. The molecule has 1 radical (unpaired) electrons. The van der Waals surface area contributed by atoms with E-state index in [0.717, 1.165) is 75.1 Å². The Balaban J connectivity index is -0.000000553. The summed E-state index contributed by atoms with van der Waals surface area (Å²) in [4.78, 5) is 22.8. The summed E-state index contributed by atoms with van der Waals surface area (Å²) in [5.74, 6) is 0.196. The maximum Gasteiger partial charge on any atom is 3.00 e. The van der Waals surface area contributed by atoms with E-state index in [9.17, 15) is 4.79 Å². The third kappa shape index (κ3) is 9.46. The fourth-order valence-corrected chi connectivity index (χ4v) is 3.90. The van der Waals surface area contributed by atoms with Crippen LogP contribution >= 0.6 is 0 Å². The summed E-state index contributed by atoms with van der Waals surface area (Å²) in [6.45, 7) is 37.7. The molecule has 0 spiro atoms. The summed E-state index contributed by atoms with van der Waals surface area (Å²) in [6.07, 6.45) is 0. The van der Waals surface area contributed by atoms with Gasteiger partial charge in [0.15, 0.2) is 0 Å². The van der Waals surface area contributed by atoms with E-state index in [0.29, 0.717) is 0 Å². The van der Waals surface area contributed by atoms with Gasteiger partial charge >= 0.3 is 51.0 Å². The van der Waals surface area contributed by atoms with Crippen LogP contribution in [0.15, 0.2) is 22.8 Å². The Morgan fingerprint density at radius 3 is 0.758 bits per heavy atom. The van der Waals surface area contributed by atoms with Gasteiger partial charge in [-0.25, -0.2) is 0 Å². The zero-order valence-corrected chi connectivity index (χ0v) is 22.5. The average Bonchev–Trinajstić information content (AvgIpc) is 3.14. The van der Waals surface area contributed by atoms with Gasteiger partial charge in [-0.1, -0.05) is 0 Å². The second-order valence-electron chi connectivity index (χ2n) is 6.41. The first kappa shape index (κ1) is 38.4. The monoisotopic (exact) mass is 504 g/mol. The predicted molar refractivity (Wildman–Crippen MR) is 123 cm³/mol. The summed E-state index contributed by atoms with van der Waals surface area (Å²) >= 11 is 0. The van der Waals surface area contributed by atoms with E-state index in [1.165, 1.54) is 0 Å². The van der Waals surface area contributed by atoms with Crippen molar-refractivity contribution < 1.29 is 35.8 Å². The van der Waals surface area contributed by atoms with Crippen LogP contribution in [0.2, 0.25) is 0 Å². The second-order valence-corrected chi connectivity index (χ2v) is 6.41. The smallest absolute Gasteiger partial charge is 3.00 e. The van der Waals surface area contributed by atoms with Gasteiger partial charge in [0.05, 0.1) is 11.4 Å². The molecule has 1 aliphatic rings. The number of hydrogen-bond donors (Lipinski definition) is 0. The normalized spacial score (nSPS) is 11.5. The van der Waals surface area contributed by atoms with Crippen molar-refractivity contribution in [2.45, 2.75) is 55.4 Å². The molecule has 0 aliphatic heterocycles. The van der Waals surface area contributed by atoms with E-state index < -0.39 is 0 Å². The fraction of sp³-hybridized carbons (Fsp3) is 0.667. The van der Waals surface area contributed by atoms with Crippen LogP contribution in [0.4, 0.5) is 0 Å². The van der Waals surface area contributed by atoms with E-state index >= 15 is 0 Å². The molecule has 0 saturated carbocycles. The minimum absolute atomic E-state index is 0. The Morgan fingerprint density at radius 2 is 0.606 bits per heavy atom. The zero-order chi connectivity index (χ0) is 25.9. The van der Waals surface area contributed by atoms with Crippen molar-refractivity contribution in [3.63, 3.8) is 0 Å². The van der Waals surface area contributed by atoms with Gasteiger partial charge in [0.1, 0.15) is 11.4 Å². The van der Waals surface area contributed by atoms with E-state index in [2.05, 4.69) is 94.9 Å². The molecule has 0 unspecified atom stereocenters. The summed E-state index contributed by atoms with van der Waals surface area (Å²) in [5, 5.41) is 0. The van der Waals surface area contributed by atoms with Gasteiger partial charge in [0.25, 0.3) is 0 Å². The number of ketones is 1. The minimum Gasteiger partial charge on any atom is 3.00 e. The van der Waals surface area contributed by atoms with Gasteiger partial charge in [-0.2, -0.15) is 0 Å². The Hall–Kier alpha value is -1.91. The predicted octanol–water partition coefficient (Wildman–Crippen LogP) is 3.24. The average molecular weight is 504 g/mol. The minimum atomic E-state index is 0. The van der Waals surface area contributed by atoms with Gasteiger partial charge < -0.3 is 19.6 Å². The van der Waals surface area contributed by atoms with Crippen LogP contribution in [0.3, 0.4) is 0 Å². The molecular formula is C24H40FeN4O4+3. The number of nitrogens with zero attached hydrogens (tertiary/aromatic N) is 4. The van der Waals surface area contributed by atoms with Crippen molar-refractivity contribution in [1.82, 2.24) is 19.6 Å². The standard InChI is InChI=1S/C21H40N4O.3CO.Fe/c1-9-22(10-2)17-18(23(11-3)12-4)20(25(15-7)16-8)21(26)19(17)24(13-5)14-6;3*1-2;/h9-16H2,1-8H3;;;;/q;;;;+3. The van der Waals surface area contributed by atoms with Gasteiger partial charge in [0, 0.05) is 52.4 Å². The maximum absolute atomic E-state index is 13.7. The van der Waals surface area contributed by atoms with Gasteiger partial charge in [-0.15, -0.1) is 0 Å². The van der Waals surface area contributed by atoms with Gasteiger partial charge in [0.2, 0.25) is 5.78 Å². The molecule has 0 N–H and O–H groups in total. The SMILES string of the molecule is CCN(CC)C1=C(N(CC)CC)C(N(CC)CC)=C(N(CC)CC)C1=O.[C-]#[O+].[C-]#[O+].[C-]#[O+].[Fe+3]. The van der Waals surface area contributed by atoms with Crippen LogP contribution in [-0.2, 0) is 35.8 Å². The van der Waals surface area contributed by atoms with Crippen molar-refractivity contribution in [3.05, 3.63) is 42.7 Å². The van der Waals surface area contributed by atoms with Gasteiger partial charge in [-0.3, -0.25) is 4.79 Å². The van der Waals surface area contributed by atoms with Crippen molar-refractivity contribution in [2.24, 2.45) is 0 Å². The molecule has 1 rings (SSSR count). The number of rotatable bonds is 12. The number of hydrogen-bond acceptors (Lipinski definition) is 5. The summed E-state index contributed by atoms with van der Waals surface area (Å²) in [7, 11) is 0. The first-order valence-electron chi connectivity index (χ1n) is 11.1.